The smallest absolute Gasteiger partial charge is 0.408 e. The fourth-order valence-electron chi connectivity index (χ4n) is 5.66. The van der Waals surface area contributed by atoms with Gasteiger partial charge < -0.3 is 19.5 Å². The zero-order valence-corrected chi connectivity index (χ0v) is 20.9. The van der Waals surface area contributed by atoms with Gasteiger partial charge >= 0.3 is 6.09 Å². The van der Waals surface area contributed by atoms with E-state index in [-0.39, 0.29) is 23.0 Å². The van der Waals surface area contributed by atoms with Crippen molar-refractivity contribution in [1.29, 1.82) is 0 Å². The van der Waals surface area contributed by atoms with Crippen molar-refractivity contribution in [3.63, 3.8) is 0 Å². The Bertz CT molecular complexity index is 1270. The first-order valence-corrected chi connectivity index (χ1v) is 12.6. The first-order chi connectivity index (χ1) is 18.0. The highest BCUT2D eigenvalue weighted by Crippen LogP contribution is 2.53. The summed E-state index contributed by atoms with van der Waals surface area (Å²) in [5, 5.41) is 15.3. The molecular weight excluding hydrogens is 472 g/mol. The summed E-state index contributed by atoms with van der Waals surface area (Å²) in [6.07, 6.45) is 3.49. The number of alkyl carbamates (subject to hydrolysis) is 1. The molecule has 2 aliphatic rings. The summed E-state index contributed by atoms with van der Waals surface area (Å²) in [4.78, 5) is 25.1. The van der Waals surface area contributed by atoms with Gasteiger partial charge in [-0.2, -0.15) is 0 Å². The number of hydrogen-bond acceptors (Lipinski definition) is 6. The van der Waals surface area contributed by atoms with Gasteiger partial charge in [0.2, 0.25) is 0 Å². The Balaban J connectivity index is 1.64. The molecule has 8 heteroatoms. The van der Waals surface area contributed by atoms with E-state index in [9.17, 15) is 14.9 Å². The Morgan fingerprint density at radius 3 is 2.05 bits per heavy atom. The number of nitro groups is 1. The van der Waals surface area contributed by atoms with Crippen LogP contribution in [0.3, 0.4) is 0 Å². The lowest BCUT2D eigenvalue weighted by Crippen LogP contribution is -2.37. The molecule has 0 saturated heterocycles. The minimum atomic E-state index is -0.978. The number of nitrogens with zero attached hydrogens (tertiary/aromatic N) is 1. The van der Waals surface area contributed by atoms with Crippen LogP contribution >= 0.6 is 0 Å². The second kappa shape index (κ2) is 10.5. The fourth-order valence-corrected chi connectivity index (χ4v) is 5.66. The number of carbonyl (C=O) groups excluding carboxylic acids is 1. The number of amides is 1. The zero-order valence-electron chi connectivity index (χ0n) is 20.9. The van der Waals surface area contributed by atoms with E-state index in [1.807, 2.05) is 48.5 Å². The van der Waals surface area contributed by atoms with Gasteiger partial charge in [-0.25, -0.2) is 4.79 Å². The quantitative estimate of drug-likeness (QED) is 0.291. The van der Waals surface area contributed by atoms with Gasteiger partial charge in [-0.3, -0.25) is 10.1 Å². The molecule has 8 nitrogen and oxygen atoms in total. The molecule has 1 atom stereocenters. The van der Waals surface area contributed by atoms with E-state index in [1.54, 1.807) is 6.07 Å². The average Bonchev–Trinajstić information content (AvgIpc) is 3.26. The predicted octanol–water partition coefficient (Wildman–Crippen LogP) is 6.52. The lowest BCUT2D eigenvalue weighted by molar-refractivity contribution is -0.386. The maximum atomic E-state index is 13.3. The number of nitro benzene ring substituents is 1. The Kier molecular flexibility index (Phi) is 6.99. The van der Waals surface area contributed by atoms with Crippen molar-refractivity contribution in [3.05, 3.63) is 87.5 Å². The molecule has 0 radical (unpaired) electrons. The molecule has 0 spiro atoms. The molecule has 1 unspecified atom stereocenters. The third-order valence-corrected chi connectivity index (χ3v) is 7.38. The van der Waals surface area contributed by atoms with Crippen LogP contribution in [0.15, 0.2) is 60.7 Å². The number of nitrogens with one attached hydrogen (secondary N) is 1. The molecule has 37 heavy (non-hydrogen) atoms. The van der Waals surface area contributed by atoms with Gasteiger partial charge in [0.1, 0.15) is 6.10 Å². The summed E-state index contributed by atoms with van der Waals surface area (Å²) in [5.41, 5.74) is 3.99. The number of hydrogen-bond donors (Lipinski definition) is 1. The number of fused-ring (bicyclic) bond motifs is 3. The molecule has 3 aromatic rings. The molecule has 3 aromatic carbocycles. The van der Waals surface area contributed by atoms with Gasteiger partial charge in [-0.1, -0.05) is 67.8 Å². The van der Waals surface area contributed by atoms with Gasteiger partial charge in [0, 0.05) is 6.04 Å². The van der Waals surface area contributed by atoms with E-state index >= 15 is 0 Å². The standard InChI is InChI=1S/C29H30N2O6/c1-35-25-16-23(24(31(33)34)17-26(25)36-2)28(37-29(32)30-18-10-4-3-5-11-18)27-21-14-8-6-12-19(21)20-13-7-9-15-22(20)27/h6-9,12-18,27-28H,3-5,10-11H2,1-2H3,(H,30,32). The minimum absolute atomic E-state index is 0.0328. The van der Waals surface area contributed by atoms with E-state index in [1.165, 1.54) is 20.3 Å². The summed E-state index contributed by atoms with van der Waals surface area (Å²) in [5.74, 6) is 0.112. The van der Waals surface area contributed by atoms with E-state index in [0.29, 0.717) is 5.75 Å². The Hall–Kier alpha value is -4.07. The van der Waals surface area contributed by atoms with Crippen LogP contribution in [0.5, 0.6) is 11.5 Å². The highest BCUT2D eigenvalue weighted by molar-refractivity contribution is 5.80. The van der Waals surface area contributed by atoms with Crippen LogP contribution in [0.25, 0.3) is 11.1 Å². The second-order valence-electron chi connectivity index (χ2n) is 9.48. The Morgan fingerprint density at radius 1 is 0.919 bits per heavy atom. The molecule has 0 bridgehead atoms. The number of ether oxygens (including phenoxy) is 3. The molecule has 0 aromatic heterocycles. The van der Waals surface area contributed by atoms with Crippen molar-refractivity contribution < 1.29 is 23.9 Å². The highest BCUT2D eigenvalue weighted by atomic mass is 16.6. The molecule has 2 aliphatic carbocycles. The topological polar surface area (TPSA) is 99.9 Å². The van der Waals surface area contributed by atoms with Crippen LogP contribution in [-0.4, -0.2) is 31.3 Å². The molecule has 192 valence electrons. The summed E-state index contributed by atoms with van der Waals surface area (Å²) in [6.45, 7) is 0. The van der Waals surface area contributed by atoms with Crippen LogP contribution in [0.4, 0.5) is 10.5 Å². The largest absolute Gasteiger partial charge is 0.493 e. The van der Waals surface area contributed by atoms with Crippen molar-refractivity contribution in [2.45, 2.75) is 50.2 Å². The summed E-state index contributed by atoms with van der Waals surface area (Å²) < 4.78 is 17.0. The predicted molar refractivity (Wildman–Crippen MR) is 139 cm³/mol. The molecule has 1 amide bonds. The summed E-state index contributed by atoms with van der Waals surface area (Å²) in [6, 6.07) is 18.7. The Morgan fingerprint density at radius 2 is 1.49 bits per heavy atom. The normalized spacial score (nSPS) is 15.8. The molecule has 1 fully saturated rings. The molecule has 1 N–H and O–H groups in total. The van der Waals surface area contributed by atoms with Gasteiger partial charge in [0.15, 0.2) is 11.5 Å². The molecule has 5 rings (SSSR count). The monoisotopic (exact) mass is 502 g/mol. The van der Waals surface area contributed by atoms with Gasteiger partial charge in [0.25, 0.3) is 5.69 Å². The van der Waals surface area contributed by atoms with E-state index in [0.717, 1.165) is 54.4 Å². The first kappa shape index (κ1) is 24.6. The van der Waals surface area contributed by atoms with Crippen LogP contribution < -0.4 is 14.8 Å². The van der Waals surface area contributed by atoms with Crippen molar-refractivity contribution in [2.75, 3.05) is 14.2 Å². The molecular formula is C29H30N2O6. The van der Waals surface area contributed by atoms with Gasteiger partial charge in [-0.15, -0.1) is 0 Å². The zero-order chi connectivity index (χ0) is 25.9. The average molecular weight is 503 g/mol. The summed E-state index contributed by atoms with van der Waals surface area (Å²) in [7, 11) is 2.90. The minimum Gasteiger partial charge on any atom is -0.493 e. The van der Waals surface area contributed by atoms with E-state index < -0.39 is 23.0 Å². The fraction of sp³-hybridized carbons (Fsp3) is 0.345. The van der Waals surface area contributed by atoms with Crippen LogP contribution in [0.2, 0.25) is 0 Å². The molecule has 0 heterocycles. The lowest BCUT2D eigenvalue weighted by atomic mass is 9.86. The van der Waals surface area contributed by atoms with Crippen LogP contribution in [0.1, 0.15) is 60.8 Å². The maximum Gasteiger partial charge on any atom is 0.408 e. The first-order valence-electron chi connectivity index (χ1n) is 12.6. The van der Waals surface area contributed by atoms with Crippen molar-refractivity contribution in [2.24, 2.45) is 0 Å². The number of methoxy groups -OCH3 is 2. The van der Waals surface area contributed by atoms with Crippen molar-refractivity contribution in [1.82, 2.24) is 5.32 Å². The SMILES string of the molecule is COc1cc(C(OC(=O)NC2CCCCC2)C2c3ccccc3-c3ccccc32)c([N+](=O)[O-])cc1OC. The lowest BCUT2D eigenvalue weighted by Gasteiger charge is -2.28. The number of benzene rings is 3. The Labute approximate surface area is 215 Å². The van der Waals surface area contributed by atoms with E-state index in [4.69, 9.17) is 14.2 Å². The molecule has 0 aliphatic heterocycles. The van der Waals surface area contributed by atoms with Crippen LogP contribution in [-0.2, 0) is 4.74 Å². The highest BCUT2D eigenvalue weighted by Gasteiger charge is 2.41. The van der Waals surface area contributed by atoms with Crippen molar-refractivity contribution >= 4 is 11.8 Å². The number of rotatable bonds is 7. The van der Waals surface area contributed by atoms with Gasteiger partial charge in [-0.05, 0) is 41.2 Å². The molecule has 1 saturated carbocycles. The third kappa shape index (κ3) is 4.71. The number of carbonyl (C=O) groups is 1. The third-order valence-electron chi connectivity index (χ3n) is 7.38. The van der Waals surface area contributed by atoms with Crippen molar-refractivity contribution in [3.8, 4) is 22.6 Å². The van der Waals surface area contributed by atoms with E-state index in [2.05, 4.69) is 5.32 Å². The van der Waals surface area contributed by atoms with Crippen LogP contribution in [0, 0.1) is 10.1 Å². The second-order valence-corrected chi connectivity index (χ2v) is 9.48. The van der Waals surface area contributed by atoms with Gasteiger partial charge in [0.05, 0.1) is 36.7 Å². The summed E-state index contributed by atoms with van der Waals surface area (Å²) >= 11 is 0. The maximum absolute atomic E-state index is 13.3.